The topological polar surface area (TPSA) is 29.1 Å². The molecular weight excluding hydrogens is 236 g/mol. The van der Waals surface area contributed by atoms with Gasteiger partial charge >= 0.3 is 0 Å². The highest BCUT2D eigenvalue weighted by atomic mass is 19.1. The van der Waals surface area contributed by atoms with Crippen LogP contribution in [0.3, 0.4) is 0 Å². The molecule has 1 aliphatic rings. The van der Waals surface area contributed by atoms with Crippen molar-refractivity contribution in [3.63, 3.8) is 0 Å². The lowest BCUT2D eigenvalue weighted by Gasteiger charge is -2.16. The monoisotopic (exact) mass is 253 g/mol. The van der Waals surface area contributed by atoms with E-state index in [0.29, 0.717) is 0 Å². The fraction of sp³-hybridized carbons (Fsp3) is 0.500. The van der Waals surface area contributed by atoms with Crippen LogP contribution in [-0.4, -0.2) is 11.9 Å². The molecule has 0 bridgehead atoms. The number of benzene rings is 1. The van der Waals surface area contributed by atoms with E-state index in [1.54, 1.807) is 0 Å². The molecule has 98 valence electrons. The highest BCUT2D eigenvalue weighted by Gasteiger charge is 2.18. The first-order chi connectivity index (χ1) is 8.66. The molecule has 0 saturated heterocycles. The molecule has 0 aromatic heterocycles. The van der Waals surface area contributed by atoms with E-state index in [1.165, 1.54) is 18.9 Å². The van der Waals surface area contributed by atoms with Gasteiger partial charge in [-0.2, -0.15) is 0 Å². The number of carbonyl (C=O) groups is 1. The van der Waals surface area contributed by atoms with Gasteiger partial charge in [-0.15, -0.1) is 0 Å². The second kappa shape index (κ2) is 5.94. The van der Waals surface area contributed by atoms with Gasteiger partial charge in [-0.1, -0.05) is 25.7 Å². The Morgan fingerprint density at radius 3 is 2.39 bits per heavy atom. The summed E-state index contributed by atoms with van der Waals surface area (Å²) in [5.41, 5.74) is -0.0827. The predicted molar refractivity (Wildman–Crippen MR) is 65.3 cm³/mol. The molecule has 1 N–H and O–H groups in total. The fourth-order valence-corrected chi connectivity index (χ4v) is 2.36. The Morgan fingerprint density at radius 1 is 1.11 bits per heavy atom. The minimum absolute atomic E-state index is 0.0827. The third-order valence-electron chi connectivity index (χ3n) is 3.37. The molecule has 2 rings (SSSR count). The van der Waals surface area contributed by atoms with Crippen LogP contribution in [0.1, 0.15) is 48.9 Å². The first kappa shape index (κ1) is 13.0. The normalized spacial score (nSPS) is 17.2. The Bertz CT molecular complexity index is 426. The molecule has 0 aliphatic heterocycles. The molecule has 0 radical (unpaired) electrons. The molecule has 1 saturated carbocycles. The van der Waals surface area contributed by atoms with Crippen molar-refractivity contribution in [1.82, 2.24) is 5.32 Å². The van der Waals surface area contributed by atoms with Gasteiger partial charge in [0.25, 0.3) is 5.91 Å². The molecule has 0 spiro atoms. The number of carbonyl (C=O) groups excluding carboxylic acids is 1. The van der Waals surface area contributed by atoms with E-state index in [1.807, 2.05) is 0 Å². The van der Waals surface area contributed by atoms with E-state index in [9.17, 15) is 13.6 Å². The summed E-state index contributed by atoms with van der Waals surface area (Å²) in [7, 11) is 0. The Labute approximate surface area is 105 Å². The molecule has 1 aliphatic carbocycles. The van der Waals surface area contributed by atoms with Gasteiger partial charge in [0.1, 0.15) is 11.6 Å². The third kappa shape index (κ3) is 3.28. The van der Waals surface area contributed by atoms with Crippen LogP contribution in [0.4, 0.5) is 8.78 Å². The van der Waals surface area contributed by atoms with E-state index in [0.717, 1.165) is 37.8 Å². The second-order valence-electron chi connectivity index (χ2n) is 4.79. The van der Waals surface area contributed by atoms with Crippen LogP contribution in [0.5, 0.6) is 0 Å². The molecule has 1 amide bonds. The lowest BCUT2D eigenvalue weighted by molar-refractivity contribution is 0.0929. The van der Waals surface area contributed by atoms with E-state index in [4.69, 9.17) is 0 Å². The standard InChI is InChI=1S/C14H17F2NO/c15-10-7-8-12(13(16)9-10)14(18)17-11-5-3-1-2-4-6-11/h7-9,11H,1-6H2,(H,17,18). The van der Waals surface area contributed by atoms with Gasteiger partial charge in [-0.3, -0.25) is 4.79 Å². The summed E-state index contributed by atoms with van der Waals surface area (Å²) in [5.74, 6) is -1.92. The van der Waals surface area contributed by atoms with Crippen molar-refractivity contribution in [3.05, 3.63) is 35.4 Å². The molecule has 2 nitrogen and oxygen atoms in total. The number of halogens is 2. The van der Waals surface area contributed by atoms with Crippen molar-refractivity contribution in [2.45, 2.75) is 44.6 Å². The summed E-state index contributed by atoms with van der Waals surface area (Å²) in [4.78, 5) is 11.9. The Morgan fingerprint density at radius 2 is 1.78 bits per heavy atom. The smallest absolute Gasteiger partial charge is 0.254 e. The summed E-state index contributed by atoms with van der Waals surface area (Å²) in [6, 6.07) is 3.15. The summed E-state index contributed by atoms with van der Waals surface area (Å²) in [5, 5.41) is 2.83. The molecule has 0 unspecified atom stereocenters. The summed E-state index contributed by atoms with van der Waals surface area (Å²) < 4.78 is 26.2. The number of nitrogens with one attached hydrogen (secondary N) is 1. The van der Waals surface area contributed by atoms with Gasteiger partial charge in [0.2, 0.25) is 0 Å². The molecule has 0 atom stereocenters. The zero-order chi connectivity index (χ0) is 13.0. The van der Waals surface area contributed by atoms with Crippen molar-refractivity contribution in [2.75, 3.05) is 0 Å². The van der Waals surface area contributed by atoms with Crippen LogP contribution in [0.25, 0.3) is 0 Å². The van der Waals surface area contributed by atoms with Crippen LogP contribution in [0.2, 0.25) is 0 Å². The minimum Gasteiger partial charge on any atom is -0.349 e. The molecule has 1 aromatic rings. The largest absolute Gasteiger partial charge is 0.349 e. The number of hydrogen-bond donors (Lipinski definition) is 1. The predicted octanol–water partition coefficient (Wildman–Crippen LogP) is 3.42. The van der Waals surface area contributed by atoms with Crippen LogP contribution in [0, 0.1) is 11.6 Å². The SMILES string of the molecule is O=C(NC1CCCCCC1)c1ccc(F)cc1F. The second-order valence-corrected chi connectivity index (χ2v) is 4.79. The van der Waals surface area contributed by atoms with Gasteiger partial charge in [-0.05, 0) is 25.0 Å². The summed E-state index contributed by atoms with van der Waals surface area (Å²) >= 11 is 0. The van der Waals surface area contributed by atoms with Crippen LogP contribution < -0.4 is 5.32 Å². The van der Waals surface area contributed by atoms with Crippen molar-refractivity contribution < 1.29 is 13.6 Å². The van der Waals surface area contributed by atoms with Crippen LogP contribution in [0.15, 0.2) is 18.2 Å². The van der Waals surface area contributed by atoms with Crippen molar-refractivity contribution in [1.29, 1.82) is 0 Å². The minimum atomic E-state index is -0.805. The average molecular weight is 253 g/mol. The maximum atomic E-state index is 13.4. The Hall–Kier alpha value is -1.45. The lowest BCUT2D eigenvalue weighted by atomic mass is 10.1. The first-order valence-electron chi connectivity index (χ1n) is 6.43. The summed E-state index contributed by atoms with van der Waals surface area (Å²) in [6.45, 7) is 0. The first-order valence-corrected chi connectivity index (χ1v) is 6.43. The average Bonchev–Trinajstić information content (AvgIpc) is 2.57. The highest BCUT2D eigenvalue weighted by Crippen LogP contribution is 2.18. The van der Waals surface area contributed by atoms with Gasteiger partial charge < -0.3 is 5.32 Å². The lowest BCUT2D eigenvalue weighted by Crippen LogP contribution is -2.34. The van der Waals surface area contributed by atoms with Gasteiger partial charge in [-0.25, -0.2) is 8.78 Å². The van der Waals surface area contributed by atoms with E-state index >= 15 is 0 Å². The fourth-order valence-electron chi connectivity index (χ4n) is 2.36. The van der Waals surface area contributed by atoms with E-state index in [2.05, 4.69) is 5.32 Å². The van der Waals surface area contributed by atoms with Gasteiger partial charge in [0.05, 0.1) is 5.56 Å². The maximum Gasteiger partial charge on any atom is 0.254 e. The van der Waals surface area contributed by atoms with Gasteiger partial charge in [0, 0.05) is 12.1 Å². The van der Waals surface area contributed by atoms with Crippen LogP contribution >= 0.6 is 0 Å². The Balaban J connectivity index is 2.02. The highest BCUT2D eigenvalue weighted by molar-refractivity contribution is 5.94. The molecule has 4 heteroatoms. The maximum absolute atomic E-state index is 13.4. The van der Waals surface area contributed by atoms with E-state index in [-0.39, 0.29) is 11.6 Å². The number of hydrogen-bond acceptors (Lipinski definition) is 1. The molecule has 18 heavy (non-hydrogen) atoms. The van der Waals surface area contributed by atoms with Crippen molar-refractivity contribution in [2.24, 2.45) is 0 Å². The van der Waals surface area contributed by atoms with Crippen molar-refractivity contribution >= 4 is 5.91 Å². The molecule has 0 heterocycles. The van der Waals surface area contributed by atoms with Crippen LogP contribution in [-0.2, 0) is 0 Å². The number of amides is 1. The van der Waals surface area contributed by atoms with E-state index < -0.39 is 17.5 Å². The molecular formula is C14H17F2NO. The molecule has 1 aromatic carbocycles. The summed E-state index contributed by atoms with van der Waals surface area (Å²) in [6.07, 6.45) is 6.45. The van der Waals surface area contributed by atoms with Gasteiger partial charge in [0.15, 0.2) is 0 Å². The number of rotatable bonds is 2. The quantitative estimate of drug-likeness (QED) is 0.804. The van der Waals surface area contributed by atoms with Crippen molar-refractivity contribution in [3.8, 4) is 0 Å². The third-order valence-corrected chi connectivity index (χ3v) is 3.37. The zero-order valence-corrected chi connectivity index (χ0v) is 10.2. The molecule has 1 fully saturated rings. The Kier molecular flexibility index (Phi) is 4.28. The zero-order valence-electron chi connectivity index (χ0n) is 10.2.